The molecule has 2 heterocycles. The Balaban J connectivity index is 0.000000570. The van der Waals surface area contributed by atoms with Crippen molar-refractivity contribution >= 4 is 181 Å². The van der Waals surface area contributed by atoms with E-state index in [0.717, 1.165) is 71.5 Å². The molecular formula is C50H48F2N14Na4O34S10. The predicted octanol–water partition coefficient (Wildman–Crippen LogP) is -10.7. The van der Waals surface area contributed by atoms with Crippen LogP contribution in [0.5, 0.6) is 23.0 Å². The van der Waals surface area contributed by atoms with Gasteiger partial charge in [-0.15, -0.1) is 20.5 Å². The van der Waals surface area contributed by atoms with Gasteiger partial charge in [0.1, 0.15) is 73.6 Å². The molecule has 8 rings (SSSR count). The third kappa shape index (κ3) is 28.3. The van der Waals surface area contributed by atoms with Crippen LogP contribution in [0.1, 0.15) is 0 Å². The normalized spacial score (nSPS) is 12.5. The van der Waals surface area contributed by atoms with E-state index in [1.807, 2.05) is 0 Å². The summed E-state index contributed by atoms with van der Waals surface area (Å²) in [5.41, 5.74) is -5.15. The van der Waals surface area contributed by atoms with Gasteiger partial charge in [-0.2, -0.15) is 80.8 Å². The van der Waals surface area contributed by atoms with Gasteiger partial charge in [-0.05, 0) is 66.0 Å². The van der Waals surface area contributed by atoms with E-state index < -0.39 is 283 Å². The molecule has 0 saturated heterocycles. The minimum Gasteiger partial charge on any atom is -0.871 e. The molecule has 0 aliphatic rings. The third-order valence-electron chi connectivity index (χ3n) is 13.9. The molecule has 48 nitrogen and oxygen atoms in total. The van der Waals surface area contributed by atoms with Gasteiger partial charge < -0.3 is 53.8 Å². The van der Waals surface area contributed by atoms with Gasteiger partial charge in [0.05, 0.1) is 82.2 Å². The molecule has 0 aliphatic carbocycles. The fourth-order valence-corrected chi connectivity index (χ4v) is 16.2. The number of rotatable bonds is 32. The Hall–Kier alpha value is -5.58. The van der Waals surface area contributed by atoms with Crippen molar-refractivity contribution in [2.45, 2.75) is 29.4 Å². The number of hydrogen-bond acceptors (Lipinski definition) is 43. The number of methoxy groups -OCH3 is 2. The van der Waals surface area contributed by atoms with Gasteiger partial charge in [-0.1, -0.05) is 11.8 Å². The van der Waals surface area contributed by atoms with E-state index in [1.54, 1.807) is 0 Å². The Kier molecular flexibility index (Phi) is 36.0. The number of aromatic hydroxyl groups is 1. The molecule has 114 heavy (non-hydrogen) atoms. The van der Waals surface area contributed by atoms with Crippen LogP contribution in [0.2, 0.25) is 0 Å². The average Bonchev–Trinajstić information content (AvgIpc) is 0.745. The monoisotopic (exact) mass is 1840 g/mol. The van der Waals surface area contributed by atoms with E-state index in [4.69, 9.17) is 18.6 Å². The molecule has 0 amide bonds. The van der Waals surface area contributed by atoms with Crippen LogP contribution in [0.15, 0.2) is 123 Å². The number of phenols is 1. The Morgan fingerprint density at radius 1 is 0.439 bits per heavy atom. The summed E-state index contributed by atoms with van der Waals surface area (Å²) in [4.78, 5) is 15.8. The molecule has 0 fully saturated rings. The maximum absolute atomic E-state index is 14.5. The van der Waals surface area contributed by atoms with Crippen LogP contribution in [0, 0.1) is 12.2 Å². The summed E-state index contributed by atoms with van der Waals surface area (Å²) in [6.45, 7) is -2.72. The summed E-state index contributed by atoms with van der Waals surface area (Å²) in [7, 11) is -45.9. The molecule has 0 saturated carbocycles. The number of nitrogens with one attached hydrogen (secondary N) is 2. The summed E-state index contributed by atoms with van der Waals surface area (Å²) >= 11 is 0. The first-order chi connectivity index (χ1) is 50.4. The van der Waals surface area contributed by atoms with Crippen molar-refractivity contribution < 1.29 is 276 Å². The first-order valence-corrected chi connectivity index (χ1v) is 43.4. The molecule has 8 aromatic rings. The number of benzene rings is 6. The Morgan fingerprint density at radius 3 is 1.22 bits per heavy atom. The molecule has 2 aromatic heterocycles. The first kappa shape index (κ1) is 103. The number of sulfone groups is 2. The maximum Gasteiger partial charge on any atom is 1.00 e. The number of ether oxygens (including phenoxy) is 2. The second-order valence-corrected chi connectivity index (χ2v) is 36.3. The summed E-state index contributed by atoms with van der Waals surface area (Å²) in [6, 6.07) is 9.86. The number of halogens is 2. The van der Waals surface area contributed by atoms with E-state index in [9.17, 15) is 130 Å². The van der Waals surface area contributed by atoms with Gasteiger partial charge in [0, 0.05) is 49.4 Å². The molecule has 0 unspecified atom stereocenters. The second-order valence-electron chi connectivity index (χ2n) is 21.4. The van der Waals surface area contributed by atoms with Crippen LogP contribution < -0.4 is 153 Å². The summed E-state index contributed by atoms with van der Waals surface area (Å²) in [5, 5.41) is 39.9. The van der Waals surface area contributed by atoms with E-state index in [-0.39, 0.29) is 136 Å². The summed E-state index contributed by atoms with van der Waals surface area (Å²) in [5.74, 6) is -8.65. The minimum absolute atomic E-state index is 0. The summed E-state index contributed by atoms with van der Waals surface area (Å²) in [6.07, 6.45) is -3.02. The van der Waals surface area contributed by atoms with Crippen molar-refractivity contribution in [3.8, 4) is 23.0 Å². The van der Waals surface area contributed by atoms with Crippen molar-refractivity contribution in [2.24, 2.45) is 20.5 Å². The van der Waals surface area contributed by atoms with E-state index in [1.165, 1.54) is 27.3 Å². The van der Waals surface area contributed by atoms with Crippen LogP contribution in [-0.4, -0.2) is 233 Å². The fraction of sp³-hybridized carbons (Fsp3) is 0.240. The topological polar surface area (TPSA) is 749 Å². The third-order valence-corrected chi connectivity index (χ3v) is 23.4. The predicted molar refractivity (Wildman–Crippen MR) is 362 cm³/mol. The van der Waals surface area contributed by atoms with Gasteiger partial charge in [0.15, 0.2) is 25.4 Å². The maximum atomic E-state index is 14.5. The average molecular weight is 1840 g/mol. The van der Waals surface area contributed by atoms with E-state index in [2.05, 4.69) is 69.4 Å². The van der Waals surface area contributed by atoms with Crippen LogP contribution in [0.3, 0.4) is 0 Å². The van der Waals surface area contributed by atoms with Gasteiger partial charge in [0.25, 0.3) is 30.4 Å². The molecule has 0 bridgehead atoms. The Morgan fingerprint density at radius 2 is 0.825 bits per heavy atom. The number of fused-ring (bicyclic) bond motifs is 2. The fourth-order valence-electron chi connectivity index (χ4n) is 8.98. The van der Waals surface area contributed by atoms with Gasteiger partial charge in [-0.3, -0.25) is 22.8 Å². The van der Waals surface area contributed by atoms with Crippen LogP contribution in [0.25, 0.3) is 21.5 Å². The standard InChI is InChI=1S/2C25H26FN7O17S5.4Na/c2*1-33(7-9-51(35,36)10-8-50-55(46,47)48)25-29-23(26)28-24(30-25)27-17-6-4-14-15(22(17)54(43,44)45)12-19(53(40,41)42)20(21(14)34)32-31-16-5-3-13(49-2)11-18(16)52(37,38)39;;;;/h2*3-6,11-12,34H,7-10H2,1-2H3,(H,37,38,39)(H,40,41,42)(H,43,44,45)(H,46,47,48)(H,27,28,29,30);;;;/q;;4*+1/p-4. The Labute approximate surface area is 733 Å². The molecule has 0 atom stereocenters. The number of phenolic OH excluding ortho intramolecular Hbond substituents is 1. The number of anilines is 6. The molecule has 0 spiro atoms. The molecule has 64 heteroatoms. The largest absolute Gasteiger partial charge is 1.00 e. The molecule has 0 aliphatic heterocycles. The zero-order valence-corrected chi connectivity index (χ0v) is 75.1. The number of hydrogen-bond donors (Lipinski definition) is 8. The van der Waals surface area contributed by atoms with Crippen molar-refractivity contribution in [1.82, 2.24) is 29.9 Å². The number of aromatic nitrogens is 6. The number of azo groups is 2. The quantitative estimate of drug-likeness (QED) is 0.0110. The molecule has 0 radical (unpaired) electrons. The molecule has 600 valence electrons. The van der Waals surface area contributed by atoms with Gasteiger partial charge in [-0.25, -0.2) is 50.5 Å². The van der Waals surface area contributed by atoms with Crippen LogP contribution in [-0.2, 0) is 110 Å². The Bertz CT molecular complexity index is 5950. The molecule has 6 aromatic carbocycles. The zero-order chi connectivity index (χ0) is 82.6. The number of nitrogens with zero attached hydrogens (tertiary/aromatic N) is 12. The smallest absolute Gasteiger partial charge is 0.871 e. The molecular weight excluding hydrogens is 1790 g/mol. The zero-order valence-electron chi connectivity index (χ0n) is 58.9. The van der Waals surface area contributed by atoms with Crippen molar-refractivity contribution in [3.05, 3.63) is 85.0 Å². The van der Waals surface area contributed by atoms with Gasteiger partial charge in [0.2, 0.25) is 23.8 Å². The first-order valence-electron chi connectivity index (χ1n) is 28.5. The molecule has 8 N–H and O–H groups in total. The van der Waals surface area contributed by atoms with Crippen LogP contribution >= 0.6 is 0 Å². The van der Waals surface area contributed by atoms with Gasteiger partial charge >= 0.3 is 151 Å². The van der Waals surface area contributed by atoms with E-state index in [0.29, 0.717) is 6.07 Å². The van der Waals surface area contributed by atoms with Crippen molar-refractivity contribution in [3.63, 3.8) is 0 Å². The van der Waals surface area contributed by atoms with Crippen LogP contribution in [0.4, 0.5) is 66.7 Å². The van der Waals surface area contributed by atoms with Crippen molar-refractivity contribution in [2.75, 3.05) is 98.1 Å². The van der Waals surface area contributed by atoms with Crippen molar-refractivity contribution in [1.29, 1.82) is 0 Å². The minimum atomic E-state index is -5.78. The second kappa shape index (κ2) is 40.0. The summed E-state index contributed by atoms with van der Waals surface area (Å²) < 4.78 is 369. The van der Waals surface area contributed by atoms with E-state index >= 15 is 0 Å². The SMILES string of the molecule is COc1ccc(N=Nc2c(S(=O)(=O)O)cc3c(S(=O)(=O)O)c(Nc4nc(F)nc(N(C)CCS(=O)(=O)CCOS(=O)(=O)O)n4)ccc3c2O)c(S(=O)(=O)O)c1.COc1ccc(N=Nc2c(S(=O)(=O)[O-])cc3c(S(=O)(=O)[O-])c(Nc4nc(F)nc(N(C)CCS(=O)(=O)CCOS(=O)(=O)O)n4)ccc3c2[O-])c(S(=O)(=O)[O-])c1.[Na+].[Na+].[Na+].[Na+].